The molecule has 1 heterocycles. The number of oxazole rings is 1. The van der Waals surface area contributed by atoms with Crippen molar-refractivity contribution >= 4 is 17.5 Å². The van der Waals surface area contributed by atoms with Gasteiger partial charge in [-0.1, -0.05) is 11.6 Å². The van der Waals surface area contributed by atoms with E-state index < -0.39 is 11.7 Å². The van der Waals surface area contributed by atoms with E-state index in [0.29, 0.717) is 16.7 Å². The van der Waals surface area contributed by atoms with Gasteiger partial charge in [0.1, 0.15) is 11.6 Å². The van der Waals surface area contributed by atoms with Gasteiger partial charge in [-0.15, -0.1) is 0 Å². The number of nitrogens with zero attached hydrogens (tertiary/aromatic N) is 1. The molecule has 0 atom stereocenters. The van der Waals surface area contributed by atoms with Gasteiger partial charge in [-0.3, -0.25) is 4.79 Å². The molecular formula is C13H12ClFN2O2. The Labute approximate surface area is 114 Å². The molecule has 1 N–H and O–H groups in total. The standard InChI is InChI=1S/C13H12ClFN2O2/c1-7-8(2)19-12(17-7)6-16-13(18)10-5-9(14)3-4-11(10)15/h3-5H,6H2,1-2H3,(H,16,18). The van der Waals surface area contributed by atoms with Crippen molar-refractivity contribution in [2.45, 2.75) is 20.4 Å². The van der Waals surface area contributed by atoms with Gasteiger partial charge < -0.3 is 9.73 Å². The monoisotopic (exact) mass is 282 g/mol. The van der Waals surface area contributed by atoms with Gasteiger partial charge in [0.15, 0.2) is 0 Å². The second kappa shape index (κ2) is 5.40. The summed E-state index contributed by atoms with van der Waals surface area (Å²) in [4.78, 5) is 15.9. The van der Waals surface area contributed by atoms with Crippen molar-refractivity contribution in [1.82, 2.24) is 10.3 Å². The Balaban J connectivity index is 2.07. The second-order valence-corrected chi connectivity index (χ2v) is 4.49. The number of hydrogen-bond acceptors (Lipinski definition) is 3. The van der Waals surface area contributed by atoms with Crippen molar-refractivity contribution in [3.05, 3.63) is 51.9 Å². The van der Waals surface area contributed by atoms with E-state index in [1.54, 1.807) is 13.8 Å². The summed E-state index contributed by atoms with van der Waals surface area (Å²) in [5.41, 5.74) is 0.658. The summed E-state index contributed by atoms with van der Waals surface area (Å²) in [5, 5.41) is 2.83. The summed E-state index contributed by atoms with van der Waals surface area (Å²) in [6, 6.07) is 3.81. The average Bonchev–Trinajstić information content (AvgIpc) is 2.69. The third-order valence-corrected chi connectivity index (χ3v) is 2.88. The van der Waals surface area contributed by atoms with Crippen molar-refractivity contribution in [2.75, 3.05) is 0 Å². The Bertz CT molecular complexity index is 606. The van der Waals surface area contributed by atoms with E-state index in [-0.39, 0.29) is 12.1 Å². The van der Waals surface area contributed by atoms with Crippen molar-refractivity contribution in [3.63, 3.8) is 0 Å². The Kier molecular flexibility index (Phi) is 3.85. The van der Waals surface area contributed by atoms with Gasteiger partial charge in [-0.2, -0.15) is 0 Å². The van der Waals surface area contributed by atoms with Crippen LogP contribution in [0.4, 0.5) is 4.39 Å². The van der Waals surface area contributed by atoms with Crippen LogP contribution in [-0.2, 0) is 6.54 Å². The number of nitrogens with one attached hydrogen (secondary N) is 1. The lowest BCUT2D eigenvalue weighted by molar-refractivity contribution is 0.0943. The fourth-order valence-electron chi connectivity index (χ4n) is 1.54. The van der Waals surface area contributed by atoms with E-state index in [1.807, 2.05) is 0 Å². The molecule has 0 fully saturated rings. The number of amides is 1. The van der Waals surface area contributed by atoms with Crippen molar-refractivity contribution in [3.8, 4) is 0 Å². The molecule has 2 rings (SSSR count). The summed E-state index contributed by atoms with van der Waals surface area (Å²) < 4.78 is 18.8. The van der Waals surface area contributed by atoms with E-state index in [1.165, 1.54) is 12.1 Å². The zero-order valence-electron chi connectivity index (χ0n) is 10.5. The highest BCUT2D eigenvalue weighted by molar-refractivity contribution is 6.30. The summed E-state index contributed by atoms with van der Waals surface area (Å²) >= 11 is 5.72. The highest BCUT2D eigenvalue weighted by Crippen LogP contribution is 2.15. The highest BCUT2D eigenvalue weighted by Gasteiger charge is 2.13. The third-order valence-electron chi connectivity index (χ3n) is 2.65. The average molecular weight is 283 g/mol. The van der Waals surface area contributed by atoms with Crippen LogP contribution in [-0.4, -0.2) is 10.9 Å². The maximum Gasteiger partial charge on any atom is 0.254 e. The normalized spacial score (nSPS) is 10.5. The number of rotatable bonds is 3. The summed E-state index contributed by atoms with van der Waals surface area (Å²) in [7, 11) is 0. The van der Waals surface area contributed by atoms with Crippen molar-refractivity contribution in [1.29, 1.82) is 0 Å². The number of benzene rings is 1. The van der Waals surface area contributed by atoms with Crippen LogP contribution in [0, 0.1) is 19.7 Å². The second-order valence-electron chi connectivity index (χ2n) is 4.06. The van der Waals surface area contributed by atoms with E-state index in [9.17, 15) is 9.18 Å². The lowest BCUT2D eigenvalue weighted by Gasteiger charge is -2.04. The van der Waals surface area contributed by atoms with Crippen molar-refractivity contribution < 1.29 is 13.6 Å². The Morgan fingerprint density at radius 2 is 2.21 bits per heavy atom. The van der Waals surface area contributed by atoms with Gasteiger partial charge >= 0.3 is 0 Å². The molecule has 0 aliphatic rings. The minimum Gasteiger partial charge on any atom is -0.444 e. The summed E-state index contributed by atoms with van der Waals surface area (Å²) in [6.07, 6.45) is 0. The van der Waals surface area contributed by atoms with Crippen LogP contribution in [0.1, 0.15) is 27.7 Å². The van der Waals surface area contributed by atoms with Crippen LogP contribution in [0.25, 0.3) is 0 Å². The first-order valence-corrected chi connectivity index (χ1v) is 6.01. The Morgan fingerprint density at radius 1 is 1.47 bits per heavy atom. The fourth-order valence-corrected chi connectivity index (χ4v) is 1.71. The zero-order chi connectivity index (χ0) is 14.0. The molecule has 0 radical (unpaired) electrons. The molecule has 2 aromatic rings. The molecule has 1 aromatic carbocycles. The van der Waals surface area contributed by atoms with Gasteiger partial charge in [-0.05, 0) is 32.0 Å². The molecular weight excluding hydrogens is 271 g/mol. The first kappa shape index (κ1) is 13.5. The quantitative estimate of drug-likeness (QED) is 0.941. The molecule has 1 amide bonds. The summed E-state index contributed by atoms with van der Waals surface area (Å²) in [6.45, 7) is 3.69. The third kappa shape index (κ3) is 3.12. The molecule has 1 aromatic heterocycles. The minimum atomic E-state index is -0.623. The zero-order valence-corrected chi connectivity index (χ0v) is 11.2. The van der Waals surface area contributed by atoms with Crippen LogP contribution >= 0.6 is 11.6 Å². The first-order chi connectivity index (χ1) is 8.97. The van der Waals surface area contributed by atoms with E-state index >= 15 is 0 Å². The number of aromatic nitrogens is 1. The van der Waals surface area contributed by atoms with Crippen LogP contribution in [0.5, 0.6) is 0 Å². The molecule has 0 spiro atoms. The van der Waals surface area contributed by atoms with Gasteiger partial charge in [0.2, 0.25) is 5.89 Å². The molecule has 0 bridgehead atoms. The topological polar surface area (TPSA) is 55.1 Å². The maximum atomic E-state index is 13.5. The van der Waals surface area contributed by atoms with E-state index in [4.69, 9.17) is 16.0 Å². The number of halogens is 2. The molecule has 6 heteroatoms. The first-order valence-electron chi connectivity index (χ1n) is 5.63. The number of aryl methyl sites for hydroxylation is 2. The number of carbonyl (C=O) groups is 1. The van der Waals surface area contributed by atoms with Gasteiger partial charge in [0.25, 0.3) is 5.91 Å². The molecule has 4 nitrogen and oxygen atoms in total. The van der Waals surface area contributed by atoms with Gasteiger partial charge in [-0.25, -0.2) is 9.37 Å². The predicted octanol–water partition coefficient (Wildman–Crippen LogP) is 3.01. The molecule has 0 saturated carbocycles. The molecule has 0 saturated heterocycles. The van der Waals surface area contributed by atoms with Crippen LogP contribution in [0.2, 0.25) is 5.02 Å². The van der Waals surface area contributed by atoms with Crippen LogP contribution < -0.4 is 5.32 Å². The van der Waals surface area contributed by atoms with Crippen LogP contribution in [0.15, 0.2) is 22.6 Å². The molecule has 0 aliphatic carbocycles. The smallest absolute Gasteiger partial charge is 0.254 e. The number of hydrogen-bond donors (Lipinski definition) is 1. The lowest BCUT2D eigenvalue weighted by atomic mass is 10.2. The van der Waals surface area contributed by atoms with E-state index in [2.05, 4.69) is 10.3 Å². The SMILES string of the molecule is Cc1nc(CNC(=O)c2cc(Cl)ccc2F)oc1C. The molecule has 0 unspecified atom stereocenters. The molecule has 19 heavy (non-hydrogen) atoms. The highest BCUT2D eigenvalue weighted by atomic mass is 35.5. The largest absolute Gasteiger partial charge is 0.444 e. The summed E-state index contributed by atoms with van der Waals surface area (Å²) in [5.74, 6) is -0.112. The predicted molar refractivity (Wildman–Crippen MR) is 68.6 cm³/mol. The van der Waals surface area contributed by atoms with Gasteiger partial charge in [0.05, 0.1) is 17.8 Å². The van der Waals surface area contributed by atoms with Crippen molar-refractivity contribution in [2.24, 2.45) is 0 Å². The Morgan fingerprint density at radius 3 is 2.84 bits per heavy atom. The fraction of sp³-hybridized carbons (Fsp3) is 0.231. The lowest BCUT2D eigenvalue weighted by Crippen LogP contribution is -2.24. The minimum absolute atomic E-state index is 0.0967. The molecule has 0 aliphatic heterocycles. The van der Waals surface area contributed by atoms with Crippen LogP contribution in [0.3, 0.4) is 0 Å². The molecule has 100 valence electrons. The number of carbonyl (C=O) groups excluding carboxylic acids is 1. The van der Waals surface area contributed by atoms with E-state index in [0.717, 1.165) is 11.8 Å². The Hall–Kier alpha value is -1.88. The van der Waals surface area contributed by atoms with Gasteiger partial charge in [0, 0.05) is 5.02 Å². The maximum absolute atomic E-state index is 13.5.